The molecule has 0 atom stereocenters. The van der Waals surface area contributed by atoms with Gasteiger partial charge >= 0.3 is 0 Å². The molecule has 0 unspecified atom stereocenters. The van der Waals surface area contributed by atoms with Gasteiger partial charge in [0, 0.05) is 28.8 Å². The molecule has 0 saturated carbocycles. The first kappa shape index (κ1) is 17.5. The summed E-state index contributed by atoms with van der Waals surface area (Å²) in [4.78, 5) is 18.3. The molecule has 5 heteroatoms. The van der Waals surface area contributed by atoms with Gasteiger partial charge in [-0.15, -0.1) is 11.8 Å². The molecule has 3 rings (SSSR count). The third kappa shape index (κ3) is 4.18. The summed E-state index contributed by atoms with van der Waals surface area (Å²) in [6.07, 6.45) is 0. The van der Waals surface area contributed by atoms with E-state index in [-0.39, 0.29) is 0 Å². The topological polar surface area (TPSA) is 59.2 Å². The Morgan fingerprint density at radius 3 is 2.52 bits per heavy atom. The second-order valence-corrected chi connectivity index (χ2v) is 7.21. The summed E-state index contributed by atoms with van der Waals surface area (Å²) in [5, 5.41) is 2.11. The molecular weight excluding hydrogens is 330 g/mol. The van der Waals surface area contributed by atoms with Crippen LogP contribution in [0.25, 0.3) is 22.0 Å². The molecule has 2 aromatic carbocycles. The average molecular weight is 351 g/mol. The summed E-state index contributed by atoms with van der Waals surface area (Å²) in [5.74, 6) is 0.550. The number of para-hydroxylation sites is 1. The minimum atomic E-state index is -0.413. The van der Waals surface area contributed by atoms with Gasteiger partial charge < -0.3 is 10.6 Å². The molecule has 0 spiro atoms. The van der Waals surface area contributed by atoms with Crippen molar-refractivity contribution in [2.75, 3.05) is 26.4 Å². The van der Waals surface area contributed by atoms with Crippen LogP contribution in [0.1, 0.15) is 10.4 Å². The molecule has 1 heterocycles. The van der Waals surface area contributed by atoms with E-state index in [1.165, 1.54) is 0 Å². The predicted octanol–water partition coefficient (Wildman–Crippen LogP) is 3.65. The summed E-state index contributed by atoms with van der Waals surface area (Å²) in [5.41, 5.74) is 8.97. The number of rotatable bonds is 6. The molecule has 128 valence electrons. The van der Waals surface area contributed by atoms with Crippen LogP contribution in [0.2, 0.25) is 0 Å². The number of amides is 1. The monoisotopic (exact) mass is 351 g/mol. The normalized spacial score (nSPS) is 11.2. The van der Waals surface area contributed by atoms with Crippen LogP contribution in [0.5, 0.6) is 0 Å². The van der Waals surface area contributed by atoms with Crippen molar-refractivity contribution in [1.29, 1.82) is 0 Å². The number of hydrogen-bond acceptors (Lipinski definition) is 4. The zero-order valence-corrected chi connectivity index (χ0v) is 15.2. The zero-order chi connectivity index (χ0) is 17.8. The van der Waals surface area contributed by atoms with Crippen molar-refractivity contribution >= 4 is 28.6 Å². The summed E-state index contributed by atoms with van der Waals surface area (Å²) >= 11 is 1.75. The number of hydrogen-bond donors (Lipinski definition) is 1. The Bertz CT molecular complexity index is 891. The van der Waals surface area contributed by atoms with Gasteiger partial charge in [-0.1, -0.05) is 30.3 Å². The SMILES string of the molecule is CN(C)CCSc1nc2ccccc2cc1-c1ccc(C(N)=O)cc1. The van der Waals surface area contributed by atoms with Crippen LogP contribution in [-0.4, -0.2) is 42.2 Å². The van der Waals surface area contributed by atoms with Gasteiger partial charge in [-0.05, 0) is 43.9 Å². The van der Waals surface area contributed by atoms with Crippen LogP contribution in [0.15, 0.2) is 59.6 Å². The molecule has 0 fully saturated rings. The molecular formula is C20H21N3OS. The van der Waals surface area contributed by atoms with E-state index in [4.69, 9.17) is 10.7 Å². The molecule has 1 amide bonds. The van der Waals surface area contributed by atoms with Gasteiger partial charge in [0.25, 0.3) is 0 Å². The first-order chi connectivity index (χ1) is 12.0. The molecule has 0 aliphatic heterocycles. The summed E-state index contributed by atoms with van der Waals surface area (Å²) in [6.45, 7) is 0.985. The van der Waals surface area contributed by atoms with Gasteiger partial charge in [0.1, 0.15) is 5.03 Å². The number of pyridine rings is 1. The minimum Gasteiger partial charge on any atom is -0.366 e. The second kappa shape index (κ2) is 7.68. The minimum absolute atomic E-state index is 0.413. The lowest BCUT2D eigenvalue weighted by molar-refractivity contribution is 0.100. The van der Waals surface area contributed by atoms with Crippen LogP contribution in [-0.2, 0) is 0 Å². The van der Waals surface area contributed by atoms with Crippen LogP contribution >= 0.6 is 11.8 Å². The number of carbonyl (C=O) groups excluding carboxylic acids is 1. The lowest BCUT2D eigenvalue weighted by Crippen LogP contribution is -2.14. The van der Waals surface area contributed by atoms with Gasteiger partial charge in [-0.25, -0.2) is 4.98 Å². The maximum absolute atomic E-state index is 11.3. The highest BCUT2D eigenvalue weighted by molar-refractivity contribution is 7.99. The molecule has 3 aromatic rings. The molecule has 0 saturated heterocycles. The third-order valence-electron chi connectivity index (χ3n) is 3.95. The van der Waals surface area contributed by atoms with Crippen molar-refractivity contribution in [2.45, 2.75) is 5.03 Å². The van der Waals surface area contributed by atoms with E-state index in [1.54, 1.807) is 23.9 Å². The highest BCUT2D eigenvalue weighted by Crippen LogP contribution is 2.33. The smallest absolute Gasteiger partial charge is 0.248 e. The number of nitrogens with two attached hydrogens (primary N) is 1. The fourth-order valence-electron chi connectivity index (χ4n) is 2.55. The summed E-state index contributed by atoms with van der Waals surface area (Å²) in [6, 6.07) is 17.7. The quantitative estimate of drug-likeness (QED) is 0.689. The second-order valence-electron chi connectivity index (χ2n) is 6.13. The maximum Gasteiger partial charge on any atom is 0.248 e. The Labute approximate surface area is 152 Å². The number of thioether (sulfide) groups is 1. The van der Waals surface area contributed by atoms with Crippen molar-refractivity contribution in [3.63, 3.8) is 0 Å². The number of primary amides is 1. The van der Waals surface area contributed by atoms with Crippen molar-refractivity contribution in [1.82, 2.24) is 9.88 Å². The first-order valence-corrected chi connectivity index (χ1v) is 9.11. The van der Waals surface area contributed by atoms with E-state index >= 15 is 0 Å². The van der Waals surface area contributed by atoms with Crippen molar-refractivity contribution < 1.29 is 4.79 Å². The van der Waals surface area contributed by atoms with Crippen molar-refractivity contribution in [3.05, 3.63) is 60.2 Å². The number of benzene rings is 2. The number of fused-ring (bicyclic) bond motifs is 1. The Balaban J connectivity index is 2.02. The fourth-order valence-corrected chi connectivity index (χ4v) is 3.70. The van der Waals surface area contributed by atoms with E-state index < -0.39 is 5.91 Å². The van der Waals surface area contributed by atoms with Crippen LogP contribution in [0.4, 0.5) is 0 Å². The number of nitrogens with zero attached hydrogens (tertiary/aromatic N) is 2. The highest BCUT2D eigenvalue weighted by Gasteiger charge is 2.11. The van der Waals surface area contributed by atoms with E-state index in [1.807, 2.05) is 30.3 Å². The van der Waals surface area contributed by atoms with Crippen LogP contribution < -0.4 is 5.73 Å². The standard InChI is InChI=1S/C20H21N3OS/c1-23(2)11-12-25-20-17(13-16-5-3-4-6-18(16)22-20)14-7-9-15(10-8-14)19(21)24/h3-10,13H,11-12H2,1-2H3,(H2,21,24). The predicted molar refractivity (Wildman–Crippen MR) is 105 cm³/mol. The lowest BCUT2D eigenvalue weighted by atomic mass is 10.0. The van der Waals surface area contributed by atoms with E-state index in [0.717, 1.165) is 39.4 Å². The maximum atomic E-state index is 11.3. The average Bonchev–Trinajstić information content (AvgIpc) is 2.61. The zero-order valence-electron chi connectivity index (χ0n) is 14.4. The van der Waals surface area contributed by atoms with Crippen LogP contribution in [0.3, 0.4) is 0 Å². The highest BCUT2D eigenvalue weighted by atomic mass is 32.2. The number of aromatic nitrogens is 1. The van der Waals surface area contributed by atoms with Crippen molar-refractivity contribution in [2.24, 2.45) is 5.73 Å². The lowest BCUT2D eigenvalue weighted by Gasteiger charge is -2.13. The van der Waals surface area contributed by atoms with Crippen LogP contribution in [0, 0.1) is 0 Å². The molecule has 4 nitrogen and oxygen atoms in total. The van der Waals surface area contributed by atoms with Gasteiger partial charge in [0.05, 0.1) is 5.52 Å². The van der Waals surface area contributed by atoms with Gasteiger partial charge in [-0.2, -0.15) is 0 Å². The Morgan fingerprint density at radius 1 is 1.12 bits per heavy atom. The molecule has 0 bridgehead atoms. The summed E-state index contributed by atoms with van der Waals surface area (Å²) in [7, 11) is 4.13. The van der Waals surface area contributed by atoms with Crippen molar-refractivity contribution in [3.8, 4) is 11.1 Å². The molecule has 25 heavy (non-hydrogen) atoms. The molecule has 0 radical (unpaired) electrons. The van der Waals surface area contributed by atoms with E-state index in [2.05, 4.69) is 31.1 Å². The number of carbonyl (C=O) groups is 1. The molecule has 0 aliphatic carbocycles. The van der Waals surface area contributed by atoms with Gasteiger partial charge in [-0.3, -0.25) is 4.79 Å². The van der Waals surface area contributed by atoms with Gasteiger partial charge in [0.2, 0.25) is 5.91 Å². The third-order valence-corrected chi connectivity index (χ3v) is 4.92. The fraction of sp³-hybridized carbons (Fsp3) is 0.200. The Hall–Kier alpha value is -2.37. The molecule has 1 aromatic heterocycles. The molecule has 0 aliphatic rings. The van der Waals surface area contributed by atoms with E-state index in [9.17, 15) is 4.79 Å². The summed E-state index contributed by atoms with van der Waals surface area (Å²) < 4.78 is 0. The molecule has 2 N–H and O–H groups in total. The first-order valence-electron chi connectivity index (χ1n) is 8.12. The largest absolute Gasteiger partial charge is 0.366 e. The Morgan fingerprint density at radius 2 is 1.84 bits per heavy atom. The van der Waals surface area contributed by atoms with E-state index in [0.29, 0.717) is 5.56 Å². The van der Waals surface area contributed by atoms with Gasteiger partial charge in [0.15, 0.2) is 0 Å². The Kier molecular flexibility index (Phi) is 5.36.